The minimum Gasteiger partial charge on any atom is -0.247 e. The zero-order valence-electron chi connectivity index (χ0n) is 58.7. The maximum atomic E-state index is 5.27. The van der Waals surface area contributed by atoms with Crippen molar-refractivity contribution in [3.63, 3.8) is 0 Å². The molecule has 0 aliphatic rings. The van der Waals surface area contributed by atoms with Crippen LogP contribution in [-0.4, -0.2) is 34.9 Å². The maximum absolute atomic E-state index is 5.27. The summed E-state index contributed by atoms with van der Waals surface area (Å²) in [5, 5.41) is 9.10. The van der Waals surface area contributed by atoms with Crippen LogP contribution in [0.1, 0.15) is 0 Å². The van der Waals surface area contributed by atoms with E-state index in [1.165, 1.54) is 44.2 Å². The van der Waals surface area contributed by atoms with Gasteiger partial charge in [-0.05, 0) is 92.0 Å². The maximum Gasteiger partial charge on any atom is 0.164 e. The Kier molecular flexibility index (Phi) is 16.8. The molecule has 0 saturated carbocycles. The van der Waals surface area contributed by atoms with E-state index in [0.717, 1.165) is 138 Å². The Morgan fingerprint density at radius 1 is 0.157 bits per heavy atom. The van der Waals surface area contributed by atoms with E-state index in [1.807, 2.05) is 78.9 Å². The predicted octanol–water partition coefficient (Wildman–Crippen LogP) is 26.1. The molecule has 0 atom stereocenters. The molecule has 0 amide bonds. The van der Waals surface area contributed by atoms with E-state index in [0.29, 0.717) is 17.5 Å². The van der Waals surface area contributed by atoms with Gasteiger partial charge in [-0.15, -0.1) is 0 Å². The van der Waals surface area contributed by atoms with Gasteiger partial charge in [0, 0.05) is 82.0 Å². The second-order valence-electron chi connectivity index (χ2n) is 27.0. The van der Waals surface area contributed by atoms with E-state index in [1.54, 1.807) is 0 Å². The van der Waals surface area contributed by atoms with Crippen LogP contribution in [0.25, 0.3) is 200 Å². The quantitative estimate of drug-likeness (QED) is 0.113. The summed E-state index contributed by atoms with van der Waals surface area (Å²) in [7, 11) is 0. The molecule has 504 valence electrons. The highest BCUT2D eigenvalue weighted by Gasteiger charge is 2.20. The number of hydrogen-bond donors (Lipinski definition) is 0. The number of benzene rings is 15. The Bertz CT molecular complexity index is 6680. The highest BCUT2D eigenvalue weighted by Crippen LogP contribution is 2.43. The van der Waals surface area contributed by atoms with Crippen LogP contribution in [0.5, 0.6) is 0 Å². The van der Waals surface area contributed by atoms with Gasteiger partial charge in [-0.2, -0.15) is 0 Å². The van der Waals surface area contributed by atoms with Crippen molar-refractivity contribution in [3.05, 3.63) is 394 Å². The van der Waals surface area contributed by atoms with Crippen molar-refractivity contribution in [1.29, 1.82) is 0 Å². The molecule has 0 spiro atoms. The largest absolute Gasteiger partial charge is 0.247 e. The molecule has 0 aliphatic carbocycles. The number of rotatable bonds is 12. The first-order valence-electron chi connectivity index (χ1n) is 36.4. The van der Waals surface area contributed by atoms with Crippen molar-refractivity contribution in [2.45, 2.75) is 0 Å². The second kappa shape index (κ2) is 28.3. The lowest BCUT2D eigenvalue weighted by Crippen LogP contribution is -2.00. The molecule has 0 saturated heterocycles. The van der Waals surface area contributed by atoms with Crippen LogP contribution in [0.4, 0.5) is 0 Å². The fourth-order valence-electron chi connectivity index (χ4n) is 15.0. The van der Waals surface area contributed by atoms with E-state index in [2.05, 4.69) is 315 Å². The highest BCUT2D eigenvalue weighted by atomic mass is 15.0. The Morgan fingerprint density at radius 3 is 0.963 bits per heavy atom. The number of para-hydroxylation sites is 2. The van der Waals surface area contributed by atoms with Gasteiger partial charge in [0.05, 0.1) is 44.8 Å². The van der Waals surface area contributed by atoms with E-state index in [4.69, 9.17) is 34.9 Å². The standard InChI is InChI=1S/C52H34N4.C49H31N3/c1-4-14-35(15-5-1)42-20-12-21-43(34-42)49-46-24-13-23-44(48(46)45-22-10-11-25-47(45)53-49)38-30-26-36(27-31-38)37-28-32-41(33-29-37)52-55-50(39-16-6-2-7-17-39)54-51(56-52)40-18-8-3-9-19-40;1-3-11-32(12-4-1)33-21-23-35(24-22-33)47-42-19-10-18-40(46(42)41-17-7-8-20-45(41)52-47)38-15-9-16-39(31-38)44-30-28-37-26-25-36-27-29-43(34-13-5-2-6-14-34)50-48(36)49(37)51-44/h1-34H;1-31H. The molecule has 0 bridgehead atoms. The lowest BCUT2D eigenvalue weighted by atomic mass is 9.91. The molecule has 0 fully saturated rings. The molecular weight excluding hydrogens is 1310 g/mol. The second-order valence-corrected chi connectivity index (χ2v) is 27.0. The summed E-state index contributed by atoms with van der Waals surface area (Å²) in [6, 6.07) is 138. The molecular formula is C101H65N7. The molecule has 15 aromatic carbocycles. The van der Waals surface area contributed by atoms with Crippen LogP contribution in [0.3, 0.4) is 0 Å². The van der Waals surface area contributed by atoms with Gasteiger partial charge >= 0.3 is 0 Å². The monoisotopic (exact) mass is 1380 g/mol. The zero-order valence-corrected chi connectivity index (χ0v) is 58.7. The van der Waals surface area contributed by atoms with Crippen LogP contribution in [0.15, 0.2) is 394 Å². The minimum atomic E-state index is 0.642. The first-order valence-corrected chi connectivity index (χ1v) is 36.4. The van der Waals surface area contributed by atoms with Gasteiger partial charge in [-0.1, -0.05) is 358 Å². The summed E-state index contributed by atoms with van der Waals surface area (Å²) in [5.74, 6) is 1.95. The van der Waals surface area contributed by atoms with Crippen LogP contribution in [0, 0.1) is 0 Å². The number of aromatic nitrogens is 7. The highest BCUT2D eigenvalue weighted by molar-refractivity contribution is 6.19. The van der Waals surface area contributed by atoms with Gasteiger partial charge in [0.15, 0.2) is 17.5 Å². The molecule has 20 rings (SSSR count). The van der Waals surface area contributed by atoms with Crippen molar-refractivity contribution in [1.82, 2.24) is 34.9 Å². The minimum absolute atomic E-state index is 0.642. The number of fused-ring (bicyclic) bond motifs is 9. The Balaban J connectivity index is 0.000000147. The Hall–Kier alpha value is -14.5. The molecule has 0 unspecified atom stereocenters. The molecule has 0 aliphatic heterocycles. The van der Waals surface area contributed by atoms with Crippen LogP contribution in [0.2, 0.25) is 0 Å². The molecule has 108 heavy (non-hydrogen) atoms. The van der Waals surface area contributed by atoms with Gasteiger partial charge in [-0.3, -0.25) is 0 Å². The smallest absolute Gasteiger partial charge is 0.164 e. The molecule has 0 N–H and O–H groups in total. The SMILES string of the molecule is c1ccc(-c2ccc(-c3nc4ccccc4c4c(-c5cccc(-c6ccc7ccc8ccc(-c9ccccc9)nc8c7n6)c5)cccc34)cc2)cc1.c1ccc(-c2cccc(-c3nc4ccccc4c4c(-c5ccc(-c6ccc(-c7nc(-c8ccccc8)nc(-c8ccccc8)n7)cc6)cc5)cccc34)c2)cc1. The normalized spacial score (nSPS) is 11.3. The van der Waals surface area contributed by atoms with Gasteiger partial charge < -0.3 is 0 Å². The van der Waals surface area contributed by atoms with Gasteiger partial charge in [0.1, 0.15) is 0 Å². The third-order valence-corrected chi connectivity index (χ3v) is 20.4. The Labute approximate surface area is 625 Å². The van der Waals surface area contributed by atoms with Crippen molar-refractivity contribution >= 4 is 65.2 Å². The fraction of sp³-hybridized carbons (Fsp3) is 0. The molecule has 5 heterocycles. The molecule has 20 aromatic rings. The van der Waals surface area contributed by atoms with Crippen LogP contribution >= 0.6 is 0 Å². The summed E-state index contributed by atoms with van der Waals surface area (Å²) >= 11 is 0. The van der Waals surface area contributed by atoms with Gasteiger partial charge in [0.25, 0.3) is 0 Å². The number of pyridine rings is 4. The van der Waals surface area contributed by atoms with Crippen molar-refractivity contribution in [2.24, 2.45) is 0 Å². The topological polar surface area (TPSA) is 90.2 Å². The average Bonchev–Trinajstić information content (AvgIpc) is 0.751. The fourth-order valence-corrected chi connectivity index (χ4v) is 15.0. The number of nitrogens with zero attached hydrogens (tertiary/aromatic N) is 7. The first kappa shape index (κ1) is 64.3. The summed E-state index contributed by atoms with van der Waals surface area (Å²) in [4.78, 5) is 35.5. The lowest BCUT2D eigenvalue weighted by molar-refractivity contribution is 1.07. The Morgan fingerprint density at radius 2 is 0.463 bits per heavy atom. The van der Waals surface area contributed by atoms with Crippen molar-refractivity contribution < 1.29 is 0 Å². The van der Waals surface area contributed by atoms with Gasteiger partial charge in [-0.25, -0.2) is 34.9 Å². The van der Waals surface area contributed by atoms with E-state index < -0.39 is 0 Å². The summed E-state index contributed by atoms with van der Waals surface area (Å²) in [6.07, 6.45) is 0. The zero-order chi connectivity index (χ0) is 71.7. The molecule has 7 heteroatoms. The first-order chi connectivity index (χ1) is 53.5. The third kappa shape index (κ3) is 12.5. The molecule has 0 radical (unpaired) electrons. The summed E-state index contributed by atoms with van der Waals surface area (Å²) in [5.41, 5.74) is 26.4. The molecule has 7 nitrogen and oxygen atoms in total. The summed E-state index contributed by atoms with van der Waals surface area (Å²) in [6.45, 7) is 0. The van der Waals surface area contributed by atoms with Crippen LogP contribution < -0.4 is 0 Å². The van der Waals surface area contributed by atoms with E-state index in [-0.39, 0.29) is 0 Å². The van der Waals surface area contributed by atoms with Crippen molar-refractivity contribution in [3.8, 4) is 135 Å². The van der Waals surface area contributed by atoms with Crippen LogP contribution in [-0.2, 0) is 0 Å². The molecule has 5 aromatic heterocycles. The van der Waals surface area contributed by atoms with Crippen molar-refractivity contribution in [2.75, 3.05) is 0 Å². The summed E-state index contributed by atoms with van der Waals surface area (Å²) < 4.78 is 0. The van der Waals surface area contributed by atoms with E-state index >= 15 is 0 Å². The predicted molar refractivity (Wildman–Crippen MR) is 448 cm³/mol. The van der Waals surface area contributed by atoms with E-state index in [9.17, 15) is 0 Å². The number of hydrogen-bond acceptors (Lipinski definition) is 7. The average molecular weight is 1380 g/mol. The lowest BCUT2D eigenvalue weighted by Gasteiger charge is -2.15. The van der Waals surface area contributed by atoms with Gasteiger partial charge in [0.2, 0.25) is 0 Å². The third-order valence-electron chi connectivity index (χ3n) is 20.4.